The number of nitrogens with one attached hydrogen (secondary N) is 2. The van der Waals surface area contributed by atoms with Crippen molar-refractivity contribution < 1.29 is 9.90 Å². The summed E-state index contributed by atoms with van der Waals surface area (Å²) in [5.74, 6) is 0.273. The molecule has 1 unspecified atom stereocenters. The predicted molar refractivity (Wildman–Crippen MR) is 73.0 cm³/mol. The summed E-state index contributed by atoms with van der Waals surface area (Å²) in [4.78, 5) is 13.5. The maximum Gasteiger partial charge on any atom is 0.157 e. The van der Waals surface area contributed by atoms with Gasteiger partial charge in [0.15, 0.2) is 6.29 Å². The molecule has 5 heteroatoms. The van der Waals surface area contributed by atoms with Crippen LogP contribution in [0.25, 0.3) is 0 Å². The number of hydrogen-bond donors (Lipinski definition) is 3. The molecular formula is C14H19N3O2. The van der Waals surface area contributed by atoms with Gasteiger partial charge in [-0.2, -0.15) is 0 Å². The van der Waals surface area contributed by atoms with Gasteiger partial charge in [0.2, 0.25) is 0 Å². The molecule has 0 bridgehead atoms. The van der Waals surface area contributed by atoms with Gasteiger partial charge in [-0.15, -0.1) is 0 Å². The Hall–Kier alpha value is -1.59. The van der Waals surface area contributed by atoms with Gasteiger partial charge >= 0.3 is 0 Å². The van der Waals surface area contributed by atoms with Crippen molar-refractivity contribution in [1.82, 2.24) is 10.2 Å². The number of carbonyl (C=O) groups excluding carboxylic acids is 1. The van der Waals surface area contributed by atoms with Crippen molar-refractivity contribution in [3.05, 3.63) is 23.8 Å². The van der Waals surface area contributed by atoms with Crippen LogP contribution in [0.15, 0.2) is 18.2 Å². The first-order valence-electron chi connectivity index (χ1n) is 6.78. The highest BCUT2D eigenvalue weighted by molar-refractivity contribution is 5.68. The summed E-state index contributed by atoms with van der Waals surface area (Å²) in [5, 5.41) is 16.2. The highest BCUT2D eigenvalue weighted by atomic mass is 16.3. The molecular weight excluding hydrogens is 242 g/mol. The van der Waals surface area contributed by atoms with E-state index in [2.05, 4.69) is 15.5 Å². The zero-order valence-electron chi connectivity index (χ0n) is 10.8. The van der Waals surface area contributed by atoms with Crippen LogP contribution in [0.5, 0.6) is 5.75 Å². The fourth-order valence-corrected chi connectivity index (χ4v) is 3.00. The lowest BCUT2D eigenvalue weighted by Crippen LogP contribution is -2.53. The fourth-order valence-electron chi connectivity index (χ4n) is 3.00. The van der Waals surface area contributed by atoms with E-state index < -0.39 is 0 Å². The second-order valence-electron chi connectivity index (χ2n) is 5.22. The lowest BCUT2D eigenvalue weighted by Gasteiger charge is -2.42. The maximum absolute atomic E-state index is 11.3. The number of phenolic OH excluding ortho intramolecular Hbond substituents is 1. The van der Waals surface area contributed by atoms with Crippen molar-refractivity contribution >= 4 is 12.0 Å². The van der Waals surface area contributed by atoms with Gasteiger partial charge in [0.1, 0.15) is 11.9 Å². The first-order chi connectivity index (χ1) is 9.28. The van der Waals surface area contributed by atoms with Crippen LogP contribution in [0.4, 0.5) is 5.69 Å². The van der Waals surface area contributed by atoms with Gasteiger partial charge in [0, 0.05) is 18.3 Å². The lowest BCUT2D eigenvalue weighted by molar-refractivity contribution is -0.113. The van der Waals surface area contributed by atoms with Crippen molar-refractivity contribution in [2.45, 2.75) is 31.6 Å². The number of aromatic hydroxyl groups is 1. The average Bonchev–Trinajstić information content (AvgIpc) is 2.46. The van der Waals surface area contributed by atoms with Crippen LogP contribution in [0, 0.1) is 0 Å². The van der Waals surface area contributed by atoms with Gasteiger partial charge in [0.25, 0.3) is 0 Å². The third kappa shape index (κ3) is 2.43. The van der Waals surface area contributed by atoms with Crippen molar-refractivity contribution in [2.24, 2.45) is 0 Å². The topological polar surface area (TPSA) is 64.6 Å². The summed E-state index contributed by atoms with van der Waals surface area (Å²) in [6.45, 7) is 2.71. The molecule has 5 nitrogen and oxygen atoms in total. The van der Waals surface area contributed by atoms with Crippen LogP contribution >= 0.6 is 0 Å². The predicted octanol–water partition coefficient (Wildman–Crippen LogP) is 0.897. The molecule has 0 amide bonds. The molecule has 3 N–H and O–H groups in total. The minimum absolute atomic E-state index is 0.264. The van der Waals surface area contributed by atoms with Crippen molar-refractivity contribution in [2.75, 3.05) is 18.4 Å². The van der Waals surface area contributed by atoms with Gasteiger partial charge in [-0.05, 0) is 49.7 Å². The molecule has 19 heavy (non-hydrogen) atoms. The normalized spacial score (nSPS) is 24.5. The number of aldehydes is 1. The zero-order valence-corrected chi connectivity index (χ0v) is 10.8. The monoisotopic (exact) mass is 261 g/mol. The van der Waals surface area contributed by atoms with Gasteiger partial charge in [-0.3, -0.25) is 9.69 Å². The Bertz CT molecular complexity index is 472. The van der Waals surface area contributed by atoms with E-state index in [0.717, 1.165) is 43.5 Å². The summed E-state index contributed by atoms with van der Waals surface area (Å²) < 4.78 is 0. The first-order valence-corrected chi connectivity index (χ1v) is 6.78. The lowest BCUT2D eigenvalue weighted by atomic mass is 10.0. The van der Waals surface area contributed by atoms with Gasteiger partial charge in [-0.1, -0.05) is 0 Å². The van der Waals surface area contributed by atoms with E-state index in [4.69, 9.17) is 0 Å². The van der Waals surface area contributed by atoms with Crippen LogP contribution in [0.3, 0.4) is 0 Å². The van der Waals surface area contributed by atoms with Crippen molar-refractivity contribution in [1.29, 1.82) is 0 Å². The van der Waals surface area contributed by atoms with E-state index in [-0.39, 0.29) is 11.9 Å². The Kier molecular flexibility index (Phi) is 3.40. The molecule has 0 aliphatic carbocycles. The zero-order chi connectivity index (χ0) is 13.2. The molecule has 1 atom stereocenters. The van der Waals surface area contributed by atoms with E-state index in [1.807, 2.05) is 6.07 Å². The summed E-state index contributed by atoms with van der Waals surface area (Å²) >= 11 is 0. The van der Waals surface area contributed by atoms with Crippen molar-refractivity contribution in [3.63, 3.8) is 0 Å². The number of piperidine rings is 1. The molecule has 1 aromatic rings. The molecule has 1 fully saturated rings. The van der Waals surface area contributed by atoms with Gasteiger partial charge in [-0.25, -0.2) is 0 Å². The Morgan fingerprint density at radius 2 is 2.11 bits per heavy atom. The third-order valence-corrected chi connectivity index (χ3v) is 4.01. The number of fused-ring (bicyclic) bond motifs is 1. The molecule has 1 aromatic carbocycles. The number of carbonyl (C=O) groups is 1. The molecule has 0 aromatic heterocycles. The number of anilines is 1. The van der Waals surface area contributed by atoms with E-state index in [1.54, 1.807) is 12.1 Å². The molecule has 2 aliphatic heterocycles. The highest BCUT2D eigenvalue weighted by Crippen LogP contribution is 2.30. The van der Waals surface area contributed by atoms with Crippen LogP contribution < -0.4 is 10.6 Å². The molecule has 102 valence electrons. The van der Waals surface area contributed by atoms with E-state index in [9.17, 15) is 9.90 Å². The minimum Gasteiger partial charge on any atom is -0.508 e. The smallest absolute Gasteiger partial charge is 0.157 e. The van der Waals surface area contributed by atoms with Gasteiger partial charge in [0.05, 0.1) is 0 Å². The molecule has 2 aliphatic rings. The van der Waals surface area contributed by atoms with E-state index in [1.165, 1.54) is 0 Å². The molecule has 0 radical (unpaired) electrons. The molecule has 3 rings (SSSR count). The summed E-state index contributed by atoms with van der Waals surface area (Å²) in [6.07, 6.45) is 2.82. The Balaban J connectivity index is 1.85. The fraction of sp³-hybridized carbons (Fsp3) is 0.500. The van der Waals surface area contributed by atoms with Crippen LogP contribution in [-0.4, -0.2) is 41.6 Å². The highest BCUT2D eigenvalue weighted by Gasteiger charge is 2.31. The molecule has 0 saturated carbocycles. The summed E-state index contributed by atoms with van der Waals surface area (Å²) in [5.41, 5.74) is 2.00. The third-order valence-electron chi connectivity index (χ3n) is 4.01. The second kappa shape index (κ2) is 5.19. The van der Waals surface area contributed by atoms with Crippen LogP contribution in [0.1, 0.15) is 18.4 Å². The van der Waals surface area contributed by atoms with Crippen LogP contribution in [-0.2, 0) is 11.3 Å². The van der Waals surface area contributed by atoms with Gasteiger partial charge < -0.3 is 15.7 Å². The average molecular weight is 261 g/mol. The van der Waals surface area contributed by atoms with E-state index in [0.29, 0.717) is 12.6 Å². The summed E-state index contributed by atoms with van der Waals surface area (Å²) in [7, 11) is 0. The maximum atomic E-state index is 11.3. The van der Waals surface area contributed by atoms with E-state index >= 15 is 0 Å². The Labute approximate surface area is 112 Å². The minimum atomic E-state index is -0.264. The molecule has 0 spiro atoms. The Morgan fingerprint density at radius 1 is 1.32 bits per heavy atom. The second-order valence-corrected chi connectivity index (χ2v) is 5.22. The first kappa shape index (κ1) is 12.4. The number of nitrogens with zero attached hydrogens (tertiary/aromatic N) is 1. The number of phenols is 1. The van der Waals surface area contributed by atoms with Crippen molar-refractivity contribution in [3.8, 4) is 5.75 Å². The molecule has 2 heterocycles. The quantitative estimate of drug-likeness (QED) is 0.545. The Morgan fingerprint density at radius 3 is 2.84 bits per heavy atom. The SMILES string of the molecule is O=CC1Nc2ccc(O)cc2CN1C1CCNCC1. The summed E-state index contributed by atoms with van der Waals surface area (Å²) in [6, 6.07) is 5.67. The number of hydrogen-bond acceptors (Lipinski definition) is 5. The number of rotatable bonds is 2. The standard InChI is InChI=1S/C14H19N3O2/c18-9-14-16-13-2-1-12(19)7-10(13)8-17(14)11-3-5-15-6-4-11/h1-2,7,9,11,14-16,19H,3-6,8H2. The molecule has 1 saturated heterocycles. The van der Waals surface area contributed by atoms with Crippen LogP contribution in [0.2, 0.25) is 0 Å². The largest absolute Gasteiger partial charge is 0.508 e. The number of benzene rings is 1.